The molecule has 144 valence electrons. The van der Waals surface area contributed by atoms with Gasteiger partial charge in [-0.2, -0.15) is 0 Å². The van der Waals surface area contributed by atoms with Crippen LogP contribution in [0.25, 0.3) is 0 Å². The van der Waals surface area contributed by atoms with Gasteiger partial charge in [-0.25, -0.2) is 12.8 Å². The van der Waals surface area contributed by atoms with Gasteiger partial charge in [-0.1, -0.05) is 23.7 Å². The molecule has 0 radical (unpaired) electrons. The van der Waals surface area contributed by atoms with Crippen molar-refractivity contribution in [2.45, 2.75) is 18.8 Å². The molecule has 0 spiro atoms. The Balaban J connectivity index is 1.84. The van der Waals surface area contributed by atoms with Gasteiger partial charge in [0.1, 0.15) is 23.2 Å². The summed E-state index contributed by atoms with van der Waals surface area (Å²) in [6.45, 7) is 0.770. The predicted octanol–water partition coefficient (Wildman–Crippen LogP) is 4.44. The zero-order valence-electron chi connectivity index (χ0n) is 15.0. The number of sulfonamides is 1. The Morgan fingerprint density at radius 1 is 1.19 bits per heavy atom. The molecule has 1 fully saturated rings. The third kappa shape index (κ3) is 5.20. The normalized spacial score (nSPS) is 19.3. The Labute approximate surface area is 163 Å². The number of piperidine rings is 1. The SMILES string of the molecule is CN1CCCC(c2ccc(Oc3cc(F)cc(Cl)c3)cc2)C1=NS(C)(=O)=O. The molecule has 27 heavy (non-hydrogen) atoms. The van der Waals surface area contributed by atoms with E-state index < -0.39 is 15.8 Å². The quantitative estimate of drug-likeness (QED) is 0.747. The van der Waals surface area contributed by atoms with Crippen molar-refractivity contribution in [1.82, 2.24) is 4.90 Å². The molecule has 0 amide bonds. The van der Waals surface area contributed by atoms with E-state index in [1.807, 2.05) is 24.1 Å². The Hall–Kier alpha value is -2.12. The number of halogens is 2. The maximum atomic E-state index is 13.4. The van der Waals surface area contributed by atoms with E-state index in [1.165, 1.54) is 18.2 Å². The number of amidine groups is 1. The molecule has 0 aromatic heterocycles. The van der Waals surface area contributed by atoms with Crippen LogP contribution in [0.3, 0.4) is 0 Å². The van der Waals surface area contributed by atoms with E-state index in [9.17, 15) is 12.8 Å². The Bertz CT molecular complexity index is 941. The summed E-state index contributed by atoms with van der Waals surface area (Å²) in [6.07, 6.45) is 2.86. The van der Waals surface area contributed by atoms with Gasteiger partial charge in [0.05, 0.1) is 6.26 Å². The van der Waals surface area contributed by atoms with Gasteiger partial charge in [0.15, 0.2) is 0 Å². The van der Waals surface area contributed by atoms with Crippen LogP contribution in [0.1, 0.15) is 24.3 Å². The smallest absolute Gasteiger partial charge is 0.251 e. The van der Waals surface area contributed by atoms with Gasteiger partial charge in [-0.3, -0.25) is 0 Å². The van der Waals surface area contributed by atoms with Crippen molar-refractivity contribution >= 4 is 27.5 Å². The number of ether oxygens (including phenoxy) is 1. The molecular formula is C19H20ClFN2O3S. The maximum Gasteiger partial charge on any atom is 0.251 e. The second-order valence-electron chi connectivity index (χ2n) is 6.58. The van der Waals surface area contributed by atoms with Crippen LogP contribution in [-0.4, -0.2) is 39.0 Å². The molecule has 1 saturated heterocycles. The van der Waals surface area contributed by atoms with Crippen molar-refractivity contribution in [2.24, 2.45) is 4.40 Å². The summed E-state index contributed by atoms with van der Waals surface area (Å²) in [5.41, 5.74) is 0.952. The van der Waals surface area contributed by atoms with E-state index in [0.29, 0.717) is 17.3 Å². The number of likely N-dealkylation sites (N-methyl/N-ethyl adjacent to an activating group) is 1. The summed E-state index contributed by atoms with van der Waals surface area (Å²) >= 11 is 5.84. The molecule has 1 atom stereocenters. The molecule has 1 unspecified atom stereocenters. The van der Waals surface area contributed by atoms with Crippen molar-refractivity contribution in [1.29, 1.82) is 0 Å². The van der Waals surface area contributed by atoms with Crippen molar-refractivity contribution in [3.05, 3.63) is 58.9 Å². The molecule has 8 heteroatoms. The molecule has 1 aliphatic heterocycles. The van der Waals surface area contributed by atoms with E-state index in [4.69, 9.17) is 16.3 Å². The fourth-order valence-corrected chi connectivity index (χ4v) is 3.97. The van der Waals surface area contributed by atoms with Crippen LogP contribution in [0.15, 0.2) is 46.9 Å². The van der Waals surface area contributed by atoms with Crippen LogP contribution in [0.4, 0.5) is 4.39 Å². The molecule has 5 nitrogen and oxygen atoms in total. The molecular weight excluding hydrogens is 391 g/mol. The largest absolute Gasteiger partial charge is 0.457 e. The third-order valence-corrected chi connectivity index (χ3v) is 5.04. The highest BCUT2D eigenvalue weighted by Gasteiger charge is 2.27. The molecule has 0 N–H and O–H groups in total. The highest BCUT2D eigenvalue weighted by atomic mass is 35.5. The first-order valence-corrected chi connectivity index (χ1v) is 10.7. The van der Waals surface area contributed by atoms with Crippen LogP contribution in [0.5, 0.6) is 11.5 Å². The lowest BCUT2D eigenvalue weighted by Crippen LogP contribution is -2.37. The third-order valence-electron chi connectivity index (χ3n) is 4.30. The molecule has 1 heterocycles. The zero-order valence-corrected chi connectivity index (χ0v) is 16.6. The molecule has 1 aliphatic rings. The molecule has 2 aromatic rings. The van der Waals surface area contributed by atoms with Gasteiger partial charge in [0.25, 0.3) is 10.0 Å². The summed E-state index contributed by atoms with van der Waals surface area (Å²) in [4.78, 5) is 1.88. The van der Waals surface area contributed by atoms with Crippen LogP contribution >= 0.6 is 11.6 Å². The molecule has 0 bridgehead atoms. The fourth-order valence-electron chi connectivity index (χ4n) is 3.15. The first-order chi connectivity index (χ1) is 12.7. The van der Waals surface area contributed by atoms with Gasteiger partial charge in [-0.05, 0) is 42.7 Å². The van der Waals surface area contributed by atoms with Crippen LogP contribution < -0.4 is 4.74 Å². The monoisotopic (exact) mass is 410 g/mol. The van der Waals surface area contributed by atoms with E-state index in [2.05, 4.69) is 4.40 Å². The minimum atomic E-state index is -3.48. The maximum absolute atomic E-state index is 13.4. The first kappa shape index (κ1) is 19.6. The summed E-state index contributed by atoms with van der Waals surface area (Å²) in [5.74, 6) is 0.821. The number of rotatable bonds is 4. The van der Waals surface area contributed by atoms with Gasteiger partial charge in [0, 0.05) is 30.6 Å². The molecule has 0 saturated carbocycles. The number of benzene rings is 2. The van der Waals surface area contributed by atoms with E-state index in [1.54, 1.807) is 12.1 Å². The van der Waals surface area contributed by atoms with Gasteiger partial charge >= 0.3 is 0 Å². The van der Waals surface area contributed by atoms with E-state index in [0.717, 1.165) is 31.2 Å². The van der Waals surface area contributed by atoms with Crippen molar-refractivity contribution in [2.75, 3.05) is 19.8 Å². The van der Waals surface area contributed by atoms with Crippen LogP contribution in [0.2, 0.25) is 5.02 Å². The van der Waals surface area contributed by atoms with Gasteiger partial charge in [0.2, 0.25) is 0 Å². The summed E-state index contributed by atoms with van der Waals surface area (Å²) in [6, 6.07) is 11.3. The Morgan fingerprint density at radius 3 is 2.52 bits per heavy atom. The molecule has 0 aliphatic carbocycles. The Kier molecular flexibility index (Phi) is 5.72. The topological polar surface area (TPSA) is 59.0 Å². The zero-order chi connectivity index (χ0) is 19.6. The highest BCUT2D eigenvalue weighted by Crippen LogP contribution is 2.32. The highest BCUT2D eigenvalue weighted by molar-refractivity contribution is 7.89. The average molecular weight is 411 g/mol. The minimum Gasteiger partial charge on any atom is -0.457 e. The van der Waals surface area contributed by atoms with E-state index in [-0.39, 0.29) is 10.9 Å². The van der Waals surface area contributed by atoms with Crippen LogP contribution in [0, 0.1) is 5.82 Å². The number of nitrogens with zero attached hydrogens (tertiary/aromatic N) is 2. The second kappa shape index (κ2) is 7.86. The first-order valence-electron chi connectivity index (χ1n) is 8.46. The van der Waals surface area contributed by atoms with Crippen molar-refractivity contribution in [3.8, 4) is 11.5 Å². The summed E-state index contributed by atoms with van der Waals surface area (Å²) in [5, 5.41) is 0.258. The number of hydrogen-bond acceptors (Lipinski definition) is 3. The van der Waals surface area contributed by atoms with Crippen molar-refractivity contribution in [3.63, 3.8) is 0 Å². The minimum absolute atomic E-state index is 0.101. The number of hydrogen-bond donors (Lipinski definition) is 0. The van der Waals surface area contributed by atoms with Gasteiger partial charge in [-0.15, -0.1) is 4.40 Å². The van der Waals surface area contributed by atoms with Crippen LogP contribution in [-0.2, 0) is 10.0 Å². The second-order valence-corrected chi connectivity index (χ2v) is 8.66. The predicted molar refractivity (Wildman–Crippen MR) is 105 cm³/mol. The lowest BCUT2D eigenvalue weighted by molar-refractivity contribution is 0.413. The summed E-state index contributed by atoms with van der Waals surface area (Å²) < 4.78 is 46.3. The molecule has 3 rings (SSSR count). The number of likely N-dealkylation sites (tertiary alicyclic amines) is 1. The van der Waals surface area contributed by atoms with Crippen molar-refractivity contribution < 1.29 is 17.5 Å². The fraction of sp³-hybridized carbons (Fsp3) is 0.316. The lowest BCUT2D eigenvalue weighted by atomic mass is 9.89. The Morgan fingerprint density at radius 2 is 1.89 bits per heavy atom. The van der Waals surface area contributed by atoms with Gasteiger partial charge < -0.3 is 9.64 Å². The lowest BCUT2D eigenvalue weighted by Gasteiger charge is -2.33. The van der Waals surface area contributed by atoms with E-state index >= 15 is 0 Å². The molecule has 2 aromatic carbocycles. The average Bonchev–Trinajstić information content (AvgIpc) is 2.55. The summed E-state index contributed by atoms with van der Waals surface area (Å²) in [7, 11) is -1.63. The standard InChI is InChI=1S/C19H20ClFN2O3S/c1-23-9-3-4-18(19(23)22-27(2,24)25)13-5-7-16(8-6-13)26-17-11-14(20)10-15(21)12-17/h5-8,10-12,18H,3-4,9H2,1-2H3.